The van der Waals surface area contributed by atoms with Crippen molar-refractivity contribution in [1.29, 1.82) is 0 Å². The molecule has 1 saturated heterocycles. The van der Waals surface area contributed by atoms with Crippen LogP contribution in [0.3, 0.4) is 0 Å². The Labute approximate surface area is 104 Å². The molecule has 0 aliphatic carbocycles. The van der Waals surface area contributed by atoms with E-state index in [1.54, 1.807) is 23.1 Å². The van der Waals surface area contributed by atoms with Crippen LogP contribution < -0.4 is 5.32 Å². The van der Waals surface area contributed by atoms with Crippen LogP contribution in [0.4, 0.5) is 5.82 Å². The van der Waals surface area contributed by atoms with Crippen LogP contribution in [-0.4, -0.2) is 45.5 Å². The summed E-state index contributed by atoms with van der Waals surface area (Å²) < 4.78 is 25.1. The normalized spacial score (nSPS) is 22.3. The highest BCUT2D eigenvalue weighted by Crippen LogP contribution is 2.20. The Kier molecular flexibility index (Phi) is 2.66. The zero-order valence-corrected chi connectivity index (χ0v) is 10.5. The standard InChI is InChI=1S/C10H13N5O2S/c16-18(17)5-1-2-8(18)6-12-9-10-14-13-7-15(10)4-3-11-9/h3-4,7-8H,1-2,5-6H2,(H,11,12). The summed E-state index contributed by atoms with van der Waals surface area (Å²) in [4.78, 5) is 4.16. The molecule has 1 fully saturated rings. The Morgan fingerprint density at radius 3 is 3.17 bits per heavy atom. The molecule has 1 aliphatic heterocycles. The number of fused-ring (bicyclic) bond motifs is 1. The summed E-state index contributed by atoms with van der Waals surface area (Å²) in [7, 11) is -2.93. The van der Waals surface area contributed by atoms with Gasteiger partial charge in [0.15, 0.2) is 15.7 Å². The largest absolute Gasteiger partial charge is 0.366 e. The molecule has 2 aromatic rings. The lowest BCUT2D eigenvalue weighted by Crippen LogP contribution is -2.25. The van der Waals surface area contributed by atoms with Gasteiger partial charge in [-0.1, -0.05) is 0 Å². The zero-order chi connectivity index (χ0) is 12.6. The topological polar surface area (TPSA) is 89.2 Å². The van der Waals surface area contributed by atoms with Crippen LogP contribution in [0, 0.1) is 0 Å². The second kappa shape index (κ2) is 4.20. The SMILES string of the molecule is O=S1(=O)CCCC1CNc1nccn2cnnc12. The number of hydrogen-bond donors (Lipinski definition) is 1. The molecule has 0 spiro atoms. The first kappa shape index (κ1) is 11.4. The van der Waals surface area contributed by atoms with Crippen LogP contribution in [0.2, 0.25) is 0 Å². The molecule has 2 aromatic heterocycles. The van der Waals surface area contributed by atoms with Crippen molar-refractivity contribution >= 4 is 21.3 Å². The molecule has 96 valence electrons. The predicted octanol–water partition coefficient (Wildman–Crippen LogP) is 0.113. The van der Waals surface area contributed by atoms with Gasteiger partial charge in [-0.2, -0.15) is 0 Å². The van der Waals surface area contributed by atoms with E-state index in [0.29, 0.717) is 30.2 Å². The first-order valence-electron chi connectivity index (χ1n) is 5.76. The summed E-state index contributed by atoms with van der Waals surface area (Å²) >= 11 is 0. The Morgan fingerprint density at radius 2 is 2.39 bits per heavy atom. The van der Waals surface area contributed by atoms with E-state index >= 15 is 0 Å². The average Bonchev–Trinajstić information content (AvgIpc) is 2.92. The van der Waals surface area contributed by atoms with Crippen molar-refractivity contribution in [3.8, 4) is 0 Å². The zero-order valence-electron chi connectivity index (χ0n) is 9.65. The van der Waals surface area contributed by atoms with Gasteiger partial charge in [0.05, 0.1) is 11.0 Å². The first-order chi connectivity index (χ1) is 8.67. The van der Waals surface area contributed by atoms with Crippen LogP contribution in [0.1, 0.15) is 12.8 Å². The summed E-state index contributed by atoms with van der Waals surface area (Å²) in [6.07, 6.45) is 6.41. The number of aromatic nitrogens is 4. The van der Waals surface area contributed by atoms with E-state index in [-0.39, 0.29) is 5.25 Å². The highest BCUT2D eigenvalue weighted by molar-refractivity contribution is 7.92. The maximum Gasteiger partial charge on any atom is 0.203 e. The molecule has 0 bridgehead atoms. The van der Waals surface area contributed by atoms with E-state index in [1.165, 1.54) is 0 Å². The van der Waals surface area contributed by atoms with Crippen LogP contribution in [0.15, 0.2) is 18.7 Å². The Bertz CT molecular complexity index is 666. The van der Waals surface area contributed by atoms with E-state index in [1.807, 2.05) is 0 Å². The van der Waals surface area contributed by atoms with Crippen LogP contribution >= 0.6 is 0 Å². The molecule has 3 rings (SSSR count). The number of rotatable bonds is 3. The molecule has 0 saturated carbocycles. The van der Waals surface area contributed by atoms with Gasteiger partial charge in [0, 0.05) is 18.9 Å². The van der Waals surface area contributed by atoms with Crippen LogP contribution in [0.25, 0.3) is 5.65 Å². The lowest BCUT2D eigenvalue weighted by Gasteiger charge is -2.11. The molecule has 1 N–H and O–H groups in total. The number of nitrogens with zero attached hydrogens (tertiary/aromatic N) is 4. The number of nitrogens with one attached hydrogen (secondary N) is 1. The summed E-state index contributed by atoms with van der Waals surface area (Å²) in [5, 5.41) is 10.5. The minimum atomic E-state index is -2.93. The fourth-order valence-corrected chi connectivity index (χ4v) is 3.95. The van der Waals surface area contributed by atoms with Crippen molar-refractivity contribution in [1.82, 2.24) is 19.6 Å². The van der Waals surface area contributed by atoms with Gasteiger partial charge in [0.2, 0.25) is 5.65 Å². The van der Waals surface area contributed by atoms with Gasteiger partial charge < -0.3 is 5.32 Å². The van der Waals surface area contributed by atoms with E-state index < -0.39 is 9.84 Å². The predicted molar refractivity (Wildman–Crippen MR) is 66.1 cm³/mol. The second-order valence-corrected chi connectivity index (χ2v) is 6.75. The third-order valence-electron chi connectivity index (χ3n) is 3.18. The fourth-order valence-electron chi connectivity index (χ4n) is 2.18. The van der Waals surface area contributed by atoms with Crippen LogP contribution in [0.5, 0.6) is 0 Å². The molecule has 8 heteroatoms. The number of anilines is 1. The fraction of sp³-hybridized carbons (Fsp3) is 0.500. The molecular formula is C10H13N5O2S. The van der Waals surface area contributed by atoms with E-state index in [4.69, 9.17) is 0 Å². The second-order valence-electron chi connectivity index (χ2n) is 4.35. The average molecular weight is 267 g/mol. The molecule has 1 aliphatic rings. The van der Waals surface area contributed by atoms with Gasteiger partial charge >= 0.3 is 0 Å². The lowest BCUT2D eigenvalue weighted by molar-refractivity contribution is 0.591. The molecule has 0 radical (unpaired) electrons. The van der Waals surface area contributed by atoms with Crippen molar-refractivity contribution < 1.29 is 8.42 Å². The van der Waals surface area contributed by atoms with Crippen molar-refractivity contribution in [3.05, 3.63) is 18.7 Å². The van der Waals surface area contributed by atoms with Crippen molar-refractivity contribution in [2.75, 3.05) is 17.6 Å². The van der Waals surface area contributed by atoms with Gasteiger partial charge in [-0.15, -0.1) is 10.2 Å². The van der Waals surface area contributed by atoms with Crippen molar-refractivity contribution in [3.63, 3.8) is 0 Å². The monoisotopic (exact) mass is 267 g/mol. The minimum Gasteiger partial charge on any atom is -0.366 e. The molecule has 1 unspecified atom stereocenters. The van der Waals surface area contributed by atoms with Crippen molar-refractivity contribution in [2.24, 2.45) is 0 Å². The van der Waals surface area contributed by atoms with E-state index in [0.717, 1.165) is 6.42 Å². The van der Waals surface area contributed by atoms with Gasteiger partial charge in [0.25, 0.3) is 0 Å². The van der Waals surface area contributed by atoms with Gasteiger partial charge in [-0.05, 0) is 12.8 Å². The molecule has 7 nitrogen and oxygen atoms in total. The molecule has 0 aromatic carbocycles. The molecule has 18 heavy (non-hydrogen) atoms. The summed E-state index contributed by atoms with van der Waals surface area (Å²) in [5.74, 6) is 0.860. The maximum absolute atomic E-state index is 11.7. The van der Waals surface area contributed by atoms with Crippen LogP contribution in [-0.2, 0) is 9.84 Å². The Balaban J connectivity index is 1.79. The minimum absolute atomic E-state index is 0.294. The first-order valence-corrected chi connectivity index (χ1v) is 7.48. The molecule has 1 atom stereocenters. The lowest BCUT2D eigenvalue weighted by atomic mass is 10.2. The highest BCUT2D eigenvalue weighted by atomic mass is 32.2. The third-order valence-corrected chi connectivity index (χ3v) is 5.45. The quantitative estimate of drug-likeness (QED) is 0.849. The third kappa shape index (κ3) is 1.92. The van der Waals surface area contributed by atoms with Gasteiger partial charge in [0.1, 0.15) is 6.33 Å². The van der Waals surface area contributed by atoms with E-state index in [9.17, 15) is 8.42 Å². The Hall–Kier alpha value is -1.70. The number of sulfone groups is 1. The smallest absolute Gasteiger partial charge is 0.203 e. The molecular weight excluding hydrogens is 254 g/mol. The Morgan fingerprint density at radius 1 is 1.50 bits per heavy atom. The summed E-state index contributed by atoms with van der Waals surface area (Å²) in [5.41, 5.74) is 0.605. The summed E-state index contributed by atoms with van der Waals surface area (Å²) in [6.45, 7) is 0.377. The number of hydrogen-bond acceptors (Lipinski definition) is 6. The summed E-state index contributed by atoms with van der Waals surface area (Å²) in [6, 6.07) is 0. The van der Waals surface area contributed by atoms with Gasteiger partial charge in [-0.3, -0.25) is 4.40 Å². The van der Waals surface area contributed by atoms with Gasteiger partial charge in [-0.25, -0.2) is 13.4 Å². The van der Waals surface area contributed by atoms with Crippen molar-refractivity contribution in [2.45, 2.75) is 18.1 Å². The molecule has 3 heterocycles. The maximum atomic E-state index is 11.7. The molecule has 0 amide bonds. The van der Waals surface area contributed by atoms with E-state index in [2.05, 4.69) is 20.5 Å². The highest BCUT2D eigenvalue weighted by Gasteiger charge is 2.31.